The first-order chi connectivity index (χ1) is 20.4. The number of aromatic nitrogens is 4. The van der Waals surface area contributed by atoms with Gasteiger partial charge >= 0.3 is 22.4 Å². The third-order valence-corrected chi connectivity index (χ3v) is 18.9. The number of ether oxygens (including phenoxy) is 3. The Kier molecular flexibility index (Phi) is 9.28. The Bertz CT molecular complexity index is 1410. The third kappa shape index (κ3) is 5.85. The lowest BCUT2D eigenvalue weighted by Gasteiger charge is -2.51. The second-order valence-electron chi connectivity index (χ2n) is 12.5. The summed E-state index contributed by atoms with van der Waals surface area (Å²) in [5, 5.41) is -0.0500. The second kappa shape index (κ2) is 12.5. The van der Waals surface area contributed by atoms with Gasteiger partial charge in [0, 0.05) is 12.2 Å². The molecule has 0 amide bonds. The minimum Gasteiger partial charge on any atom is -0.446 e. The van der Waals surface area contributed by atoms with Gasteiger partial charge in [-0.15, -0.1) is 0 Å². The van der Waals surface area contributed by atoms with Crippen molar-refractivity contribution in [1.82, 2.24) is 19.5 Å². The molecule has 234 valence electrons. The van der Waals surface area contributed by atoms with Crippen molar-refractivity contribution in [3.8, 4) is 5.75 Å². The summed E-state index contributed by atoms with van der Waals surface area (Å²) in [5.41, 5.74) is 7.74. The number of nitrogens with zero attached hydrogens (tertiary/aromatic N) is 4. The summed E-state index contributed by atoms with van der Waals surface area (Å²) in [5.74, 6) is 0.841. The summed E-state index contributed by atoms with van der Waals surface area (Å²) >= 11 is 5.62. The Balaban J connectivity index is 1.60. The zero-order valence-corrected chi connectivity index (χ0v) is 28.9. The molecule has 2 aromatic heterocycles. The predicted molar refractivity (Wildman–Crippen MR) is 172 cm³/mol. The van der Waals surface area contributed by atoms with Crippen LogP contribution in [0.4, 0.5) is 5.82 Å². The number of imidazole rings is 1. The normalized spacial score (nSPS) is 25.2. The van der Waals surface area contributed by atoms with E-state index in [1.165, 1.54) is 6.33 Å². The summed E-state index contributed by atoms with van der Waals surface area (Å²) in [7, 11) is -5.76. The molecule has 5 rings (SSSR count). The van der Waals surface area contributed by atoms with Crippen molar-refractivity contribution in [3.63, 3.8) is 0 Å². The van der Waals surface area contributed by atoms with E-state index in [0.29, 0.717) is 16.9 Å². The lowest BCUT2D eigenvalue weighted by molar-refractivity contribution is -0.0569. The lowest BCUT2D eigenvalue weighted by Crippen LogP contribution is -2.66. The zero-order valence-electron chi connectivity index (χ0n) is 26.1. The van der Waals surface area contributed by atoms with Gasteiger partial charge in [0.1, 0.15) is 29.8 Å². The number of hydrogen-bond donors (Lipinski definition) is 1. The number of nitrogen functional groups attached to an aromatic ring is 1. The van der Waals surface area contributed by atoms with Gasteiger partial charge in [-0.1, -0.05) is 73.6 Å². The maximum atomic E-state index is 7.38. The molecule has 0 spiro atoms. The van der Waals surface area contributed by atoms with Crippen LogP contribution in [0.5, 0.6) is 5.75 Å². The number of hydrogen-bond acceptors (Lipinski definition) is 11. The van der Waals surface area contributed by atoms with Crippen LogP contribution in [0.25, 0.3) is 11.2 Å². The number of thiocarbonyl (C=S) groups is 1. The van der Waals surface area contributed by atoms with E-state index in [1.54, 1.807) is 10.9 Å². The van der Waals surface area contributed by atoms with E-state index >= 15 is 0 Å². The number of anilines is 1. The first-order valence-corrected chi connectivity index (χ1v) is 19.3. The van der Waals surface area contributed by atoms with Crippen molar-refractivity contribution in [2.24, 2.45) is 0 Å². The highest BCUT2D eigenvalue weighted by atomic mass is 32.1. The van der Waals surface area contributed by atoms with Gasteiger partial charge in [0.05, 0.1) is 12.9 Å². The minimum absolute atomic E-state index is 0.0500. The monoisotopic (exact) mass is 645 g/mol. The van der Waals surface area contributed by atoms with Crippen LogP contribution in [-0.2, 0) is 22.4 Å². The summed E-state index contributed by atoms with van der Waals surface area (Å²) in [4.78, 5) is 13.0. The number of fused-ring (bicyclic) bond motifs is 2. The average molecular weight is 646 g/mol. The van der Waals surface area contributed by atoms with Crippen LogP contribution >= 0.6 is 12.2 Å². The molecule has 4 heterocycles. The standard InChI is InChI=1S/C29H43N5O6SSi2/c1-17(2)42(18(3)4)35-14-22-24(39-43(40-42,19(5)6)20(7)8)25(38-29(41)36-21-12-10-9-11-13-21)28(37-22)34-16-33-23-26(30)31-15-32-27(23)34/h9-13,15-20,22,24-25,28H,14H2,1-8H3,(H2,30,31,32)/t22-,24-,25+,28-/m1/s1. The van der Waals surface area contributed by atoms with E-state index in [-0.39, 0.29) is 39.8 Å². The van der Waals surface area contributed by atoms with Crippen molar-refractivity contribution < 1.29 is 27.2 Å². The molecule has 0 saturated carbocycles. The second-order valence-corrected chi connectivity index (χ2v) is 21.6. The fraction of sp³-hybridized carbons (Fsp3) is 0.586. The first-order valence-electron chi connectivity index (χ1n) is 14.9. The third-order valence-electron chi connectivity index (χ3n) is 8.45. The van der Waals surface area contributed by atoms with Crippen molar-refractivity contribution in [2.75, 3.05) is 12.3 Å². The van der Waals surface area contributed by atoms with E-state index in [1.807, 2.05) is 30.3 Å². The van der Waals surface area contributed by atoms with Gasteiger partial charge in [-0.3, -0.25) is 4.57 Å². The molecular formula is C29H43N5O6SSi2. The Morgan fingerprint density at radius 1 is 0.953 bits per heavy atom. The molecule has 0 aliphatic carbocycles. The topological polar surface area (TPSA) is 125 Å². The molecule has 2 aliphatic rings. The molecule has 2 saturated heterocycles. The molecule has 11 nitrogen and oxygen atoms in total. The fourth-order valence-electron chi connectivity index (χ4n) is 6.25. The molecule has 43 heavy (non-hydrogen) atoms. The van der Waals surface area contributed by atoms with Gasteiger partial charge in [0.15, 0.2) is 23.8 Å². The van der Waals surface area contributed by atoms with Crippen molar-refractivity contribution in [3.05, 3.63) is 43.0 Å². The molecular weight excluding hydrogens is 603 g/mol. The van der Waals surface area contributed by atoms with Crippen LogP contribution in [0, 0.1) is 0 Å². The first kappa shape index (κ1) is 31.9. The molecule has 0 radical (unpaired) electrons. The highest BCUT2D eigenvalue weighted by Gasteiger charge is 2.62. The van der Waals surface area contributed by atoms with Crippen LogP contribution < -0.4 is 10.5 Å². The maximum absolute atomic E-state index is 7.38. The molecule has 3 aromatic rings. The molecule has 2 aliphatic heterocycles. The summed E-state index contributed by atoms with van der Waals surface area (Å²) in [6.45, 7) is 17.8. The Morgan fingerprint density at radius 3 is 2.23 bits per heavy atom. The van der Waals surface area contributed by atoms with E-state index in [4.69, 9.17) is 45.1 Å². The van der Waals surface area contributed by atoms with Gasteiger partial charge < -0.3 is 32.9 Å². The molecule has 2 fully saturated rings. The number of benzene rings is 1. The largest absolute Gasteiger partial charge is 0.446 e. The van der Waals surface area contributed by atoms with E-state index < -0.39 is 41.7 Å². The van der Waals surface area contributed by atoms with Gasteiger partial charge in [-0.2, -0.15) is 0 Å². The van der Waals surface area contributed by atoms with E-state index in [2.05, 4.69) is 70.3 Å². The van der Waals surface area contributed by atoms with Gasteiger partial charge in [-0.05, 0) is 34.3 Å². The summed E-state index contributed by atoms with van der Waals surface area (Å²) < 4.78 is 42.6. The SMILES string of the molecule is CC(C)[Si]1(C(C)C)OC[C@H]2O[C@@H](n3cnc4c(N)ncnc43)[C@@H](OC(=S)Oc3ccccc3)[C@@H]2O[Si](C(C)C)(C(C)C)O1. The number of para-hydroxylation sites is 1. The maximum Gasteiger partial charge on any atom is 0.358 e. The Hall–Kier alpha value is -2.47. The Morgan fingerprint density at radius 2 is 1.60 bits per heavy atom. The number of rotatable bonds is 7. The Labute approximate surface area is 260 Å². The molecule has 0 bridgehead atoms. The van der Waals surface area contributed by atoms with Gasteiger partial charge in [0.25, 0.3) is 0 Å². The van der Waals surface area contributed by atoms with Crippen molar-refractivity contribution in [1.29, 1.82) is 0 Å². The number of nitrogens with two attached hydrogens (primary N) is 1. The van der Waals surface area contributed by atoms with Gasteiger partial charge in [-0.25, -0.2) is 15.0 Å². The zero-order chi connectivity index (χ0) is 31.1. The van der Waals surface area contributed by atoms with Crippen molar-refractivity contribution in [2.45, 2.75) is 102 Å². The molecule has 2 N–H and O–H groups in total. The van der Waals surface area contributed by atoms with Crippen LogP contribution in [0.2, 0.25) is 22.2 Å². The van der Waals surface area contributed by atoms with Crippen LogP contribution in [0.1, 0.15) is 61.6 Å². The highest BCUT2D eigenvalue weighted by molar-refractivity contribution is 7.79. The van der Waals surface area contributed by atoms with Crippen LogP contribution in [0.3, 0.4) is 0 Å². The van der Waals surface area contributed by atoms with Crippen LogP contribution in [0.15, 0.2) is 43.0 Å². The molecule has 14 heteroatoms. The van der Waals surface area contributed by atoms with Crippen molar-refractivity contribution >= 4 is 51.6 Å². The predicted octanol–water partition coefficient (Wildman–Crippen LogP) is 6.01. The smallest absolute Gasteiger partial charge is 0.358 e. The summed E-state index contributed by atoms with van der Waals surface area (Å²) in [6, 6.07) is 9.27. The molecule has 1 aromatic carbocycles. The molecule has 0 unspecified atom stereocenters. The quantitative estimate of drug-likeness (QED) is 0.240. The fourth-order valence-corrected chi connectivity index (χ4v) is 17.7. The highest BCUT2D eigenvalue weighted by Crippen LogP contribution is 2.49. The molecule has 4 atom stereocenters. The lowest BCUT2D eigenvalue weighted by atomic mass is 10.1. The average Bonchev–Trinajstić information content (AvgIpc) is 3.50. The summed E-state index contributed by atoms with van der Waals surface area (Å²) in [6.07, 6.45) is 0.504. The van der Waals surface area contributed by atoms with Gasteiger partial charge in [0.2, 0.25) is 0 Å². The van der Waals surface area contributed by atoms with Crippen LogP contribution in [-0.4, -0.2) is 66.8 Å². The minimum atomic E-state index is -2.99. The van der Waals surface area contributed by atoms with E-state index in [0.717, 1.165) is 0 Å². The van der Waals surface area contributed by atoms with E-state index in [9.17, 15) is 0 Å².